The van der Waals surface area contributed by atoms with Crippen LogP contribution in [0.3, 0.4) is 0 Å². The standard InChI is InChI=1S/C47H78O9Si/c1-11-15-38-33(10)43-45-46(53-38)44-42(54-45)26-47(55-43,56-44)20-18-35-24-30(7)37(50-35)17-16-34-23-29(6)31(8)40(51-34)25-41-36(19-21-48)32(9)39(52-41)22-28(5)27-49-57(12-2,13-3)14-4/h11,28-29,32-46,48H,1,7-8,12-27H2,2-6,9-10H3/t28-,29+,32+,33-,34-,35?,36+,37?,38-,39+,40?,41-,42+,43-,44?,45-,46-,47+/m0/s1. The summed E-state index contributed by atoms with van der Waals surface area (Å²) in [6.07, 6.45) is 11.7. The second-order valence-electron chi connectivity index (χ2n) is 19.5. The summed E-state index contributed by atoms with van der Waals surface area (Å²) in [5.74, 6) is 1.04. The van der Waals surface area contributed by atoms with Gasteiger partial charge in [0.15, 0.2) is 14.1 Å². The van der Waals surface area contributed by atoms with Gasteiger partial charge in [-0.2, -0.15) is 0 Å². The Bertz CT molecular complexity index is 1380. The van der Waals surface area contributed by atoms with Crippen molar-refractivity contribution in [2.45, 2.75) is 216 Å². The lowest BCUT2D eigenvalue weighted by atomic mass is 9.80. The fourth-order valence-electron chi connectivity index (χ4n) is 11.9. The van der Waals surface area contributed by atoms with Crippen LogP contribution < -0.4 is 0 Å². The maximum absolute atomic E-state index is 10.1. The van der Waals surface area contributed by atoms with Gasteiger partial charge in [0, 0.05) is 38.4 Å². The van der Waals surface area contributed by atoms with Crippen LogP contribution in [0.25, 0.3) is 0 Å². The van der Waals surface area contributed by atoms with Crippen molar-refractivity contribution >= 4 is 8.32 Å². The Morgan fingerprint density at radius 3 is 2.26 bits per heavy atom. The largest absolute Gasteiger partial charge is 0.417 e. The van der Waals surface area contributed by atoms with Crippen LogP contribution in [0, 0.1) is 29.6 Å². The minimum atomic E-state index is -1.62. The third-order valence-electron chi connectivity index (χ3n) is 15.9. The van der Waals surface area contributed by atoms with Gasteiger partial charge in [0.2, 0.25) is 0 Å². The van der Waals surface area contributed by atoms with Gasteiger partial charge < -0.3 is 42.7 Å². The fraction of sp³-hybridized carbons (Fsp3) is 0.872. The van der Waals surface area contributed by atoms with Gasteiger partial charge in [-0.1, -0.05) is 67.7 Å². The lowest BCUT2D eigenvalue weighted by Crippen LogP contribution is -2.54. The molecule has 10 heteroatoms. The molecule has 6 bridgehead atoms. The van der Waals surface area contributed by atoms with Gasteiger partial charge in [0.05, 0.1) is 54.9 Å². The topological polar surface area (TPSA) is 94.1 Å². The molecule has 1 N–H and O–H groups in total. The van der Waals surface area contributed by atoms with E-state index in [0.717, 1.165) is 77.2 Å². The first-order valence-corrected chi connectivity index (χ1v) is 25.7. The SMILES string of the molecule is C=CC[C@@H]1O[C@H]2C3O[C@]4(CCC5CC(=C)C(CC[C@H]6C[C@@H](C)C(=C)C(C[C@@H]7O[C@H](C[C@H](C)CO[Si](CC)(CC)CC)[C@H](C)[C@H]7CCO)O6)O5)C[C@H]3O[C@H]2[C@@H](O4)[C@H]1C. The van der Waals surface area contributed by atoms with Gasteiger partial charge in [-0.25, -0.2) is 0 Å². The molecular weight excluding hydrogens is 737 g/mol. The average molecular weight is 815 g/mol. The van der Waals surface area contributed by atoms with Gasteiger partial charge in [-0.15, -0.1) is 6.58 Å². The molecule has 8 rings (SSSR count). The number of aliphatic hydroxyl groups is 1. The summed E-state index contributed by atoms with van der Waals surface area (Å²) in [5.41, 5.74) is 2.36. The fourth-order valence-corrected chi connectivity index (χ4v) is 14.6. The van der Waals surface area contributed by atoms with Crippen molar-refractivity contribution in [1.29, 1.82) is 0 Å². The smallest absolute Gasteiger partial charge is 0.191 e. The Kier molecular flexibility index (Phi) is 14.4. The van der Waals surface area contributed by atoms with E-state index >= 15 is 0 Å². The molecule has 57 heavy (non-hydrogen) atoms. The van der Waals surface area contributed by atoms with Gasteiger partial charge in [-0.05, 0) is 104 Å². The monoisotopic (exact) mass is 815 g/mol. The molecule has 8 heterocycles. The molecule has 18 atom stereocenters. The zero-order chi connectivity index (χ0) is 40.6. The molecule has 0 aliphatic carbocycles. The summed E-state index contributed by atoms with van der Waals surface area (Å²) in [7, 11) is -1.62. The zero-order valence-electron chi connectivity index (χ0n) is 36.5. The Labute approximate surface area is 346 Å². The average Bonchev–Trinajstić information content (AvgIpc) is 3.86. The molecule has 8 aliphatic heterocycles. The van der Waals surface area contributed by atoms with Crippen LogP contribution >= 0.6 is 0 Å². The van der Waals surface area contributed by atoms with Crippen LogP contribution in [0.15, 0.2) is 37.0 Å². The van der Waals surface area contributed by atoms with Crippen LogP contribution in [0.2, 0.25) is 18.1 Å². The number of ether oxygens (including phenoxy) is 7. The highest BCUT2D eigenvalue weighted by atomic mass is 28.4. The zero-order valence-corrected chi connectivity index (χ0v) is 37.5. The quantitative estimate of drug-likeness (QED) is 0.0955. The van der Waals surface area contributed by atoms with Gasteiger partial charge in [0.25, 0.3) is 0 Å². The van der Waals surface area contributed by atoms with E-state index in [1.54, 1.807) is 0 Å². The number of hydrogen-bond donors (Lipinski definition) is 1. The second-order valence-corrected chi connectivity index (χ2v) is 24.3. The van der Waals surface area contributed by atoms with Crippen LogP contribution in [0.5, 0.6) is 0 Å². The molecule has 9 nitrogen and oxygen atoms in total. The summed E-state index contributed by atoms with van der Waals surface area (Å²) in [5, 5.41) is 10.1. The van der Waals surface area contributed by atoms with Crippen LogP contribution in [0.4, 0.5) is 0 Å². The lowest BCUT2D eigenvalue weighted by Gasteiger charge is -2.42. The third kappa shape index (κ3) is 9.17. The minimum Gasteiger partial charge on any atom is -0.417 e. The highest BCUT2D eigenvalue weighted by Crippen LogP contribution is 2.54. The second kappa shape index (κ2) is 18.6. The molecule has 8 saturated heterocycles. The molecule has 0 aromatic carbocycles. The van der Waals surface area contributed by atoms with E-state index in [1.807, 2.05) is 6.08 Å². The molecule has 8 aliphatic rings. The Morgan fingerprint density at radius 1 is 0.825 bits per heavy atom. The van der Waals surface area contributed by atoms with Crippen molar-refractivity contribution in [2.75, 3.05) is 13.2 Å². The molecule has 0 aromatic heterocycles. The van der Waals surface area contributed by atoms with E-state index in [2.05, 4.69) is 68.2 Å². The summed E-state index contributed by atoms with van der Waals surface area (Å²) >= 11 is 0. The summed E-state index contributed by atoms with van der Waals surface area (Å²) < 4.78 is 53.9. The van der Waals surface area contributed by atoms with E-state index in [4.69, 9.17) is 37.6 Å². The maximum Gasteiger partial charge on any atom is 0.191 e. The van der Waals surface area contributed by atoms with Crippen LogP contribution in [-0.4, -0.2) is 106 Å². The van der Waals surface area contributed by atoms with Crippen molar-refractivity contribution in [3.63, 3.8) is 0 Å². The first kappa shape index (κ1) is 44.1. The van der Waals surface area contributed by atoms with Crippen molar-refractivity contribution in [1.82, 2.24) is 0 Å². The van der Waals surface area contributed by atoms with E-state index < -0.39 is 14.1 Å². The summed E-state index contributed by atoms with van der Waals surface area (Å²) in [6, 6.07) is 3.53. The molecule has 0 aromatic rings. The third-order valence-corrected chi connectivity index (χ3v) is 20.5. The highest BCUT2D eigenvalue weighted by molar-refractivity contribution is 6.73. The number of hydrogen-bond acceptors (Lipinski definition) is 9. The first-order valence-electron chi connectivity index (χ1n) is 23.2. The Hall–Kier alpha value is -0.923. The van der Waals surface area contributed by atoms with Crippen molar-refractivity contribution in [3.05, 3.63) is 37.0 Å². The van der Waals surface area contributed by atoms with E-state index in [0.29, 0.717) is 23.7 Å². The van der Waals surface area contributed by atoms with E-state index in [1.165, 1.54) is 29.3 Å². The molecule has 0 radical (unpaired) electrons. The minimum absolute atomic E-state index is 0.0260. The predicted molar refractivity (Wildman–Crippen MR) is 225 cm³/mol. The van der Waals surface area contributed by atoms with Crippen molar-refractivity contribution in [2.24, 2.45) is 29.6 Å². The van der Waals surface area contributed by atoms with Crippen molar-refractivity contribution < 1.29 is 42.7 Å². The molecule has 324 valence electrons. The lowest BCUT2D eigenvalue weighted by molar-refractivity contribution is -0.262. The van der Waals surface area contributed by atoms with Gasteiger partial charge >= 0.3 is 0 Å². The van der Waals surface area contributed by atoms with Crippen LogP contribution in [0.1, 0.15) is 119 Å². The maximum atomic E-state index is 10.1. The molecule has 4 unspecified atom stereocenters. The van der Waals surface area contributed by atoms with Crippen LogP contribution in [-0.2, 0) is 37.6 Å². The van der Waals surface area contributed by atoms with Crippen molar-refractivity contribution in [3.8, 4) is 0 Å². The molecular formula is C47H78O9Si. The highest BCUT2D eigenvalue weighted by Gasteiger charge is 2.67. The van der Waals surface area contributed by atoms with Gasteiger partial charge in [0.1, 0.15) is 18.3 Å². The summed E-state index contributed by atoms with van der Waals surface area (Å²) in [6.45, 7) is 30.0. The normalized spacial score (nSPS) is 44.6. The predicted octanol–water partition coefficient (Wildman–Crippen LogP) is 9.08. The molecule has 0 saturated carbocycles. The van der Waals surface area contributed by atoms with Gasteiger partial charge in [-0.3, -0.25) is 0 Å². The number of aliphatic hydroxyl groups excluding tert-OH is 1. The molecule has 0 spiro atoms. The molecule has 8 fully saturated rings. The van der Waals surface area contributed by atoms with E-state index in [-0.39, 0.29) is 85.8 Å². The Morgan fingerprint density at radius 2 is 1.54 bits per heavy atom. The van der Waals surface area contributed by atoms with E-state index in [9.17, 15) is 5.11 Å². The molecule has 0 amide bonds. The Balaban J connectivity index is 0.895. The number of rotatable bonds is 20. The summed E-state index contributed by atoms with van der Waals surface area (Å²) in [4.78, 5) is 0. The first-order chi connectivity index (χ1) is 27.4.